The molecule has 1 aliphatic heterocycles. The molecule has 1 aliphatic carbocycles. The third kappa shape index (κ3) is 5.07. The first-order valence-corrected chi connectivity index (χ1v) is 10.6. The van der Waals surface area contributed by atoms with Gasteiger partial charge in [0, 0.05) is 35.2 Å². The molecular formula is C23H26ClN5O. The minimum atomic E-state index is 0.521. The highest BCUT2D eigenvalue weighted by Crippen LogP contribution is 2.35. The van der Waals surface area contributed by atoms with Crippen molar-refractivity contribution < 1.29 is 4.74 Å². The number of hydrazone groups is 1. The van der Waals surface area contributed by atoms with Crippen molar-refractivity contribution in [3.05, 3.63) is 69.1 Å². The van der Waals surface area contributed by atoms with Crippen LogP contribution in [0.25, 0.3) is 6.08 Å². The van der Waals surface area contributed by atoms with E-state index in [9.17, 15) is 0 Å². The zero-order valence-electron chi connectivity index (χ0n) is 17.4. The third-order valence-electron chi connectivity index (χ3n) is 5.18. The SMILES string of the molecule is Cc1cc(C)nc(NN=CC2=C(N3CCOCC3)/C(=C\c3ccc(Cl)cc3)CC2)n1. The molecular weight excluding hydrogens is 398 g/mol. The Balaban J connectivity index is 1.60. The van der Waals surface area contributed by atoms with Gasteiger partial charge in [0.05, 0.1) is 19.4 Å². The lowest BCUT2D eigenvalue weighted by atomic mass is 10.1. The van der Waals surface area contributed by atoms with Gasteiger partial charge in [0.2, 0.25) is 5.95 Å². The molecule has 1 aromatic carbocycles. The maximum Gasteiger partial charge on any atom is 0.243 e. The summed E-state index contributed by atoms with van der Waals surface area (Å²) >= 11 is 6.04. The number of hydrogen-bond acceptors (Lipinski definition) is 6. The molecule has 1 aromatic heterocycles. The molecule has 0 amide bonds. The third-order valence-corrected chi connectivity index (χ3v) is 5.43. The molecule has 6 nitrogen and oxygen atoms in total. The number of benzene rings is 1. The van der Waals surface area contributed by atoms with Gasteiger partial charge < -0.3 is 9.64 Å². The molecule has 156 valence electrons. The maximum absolute atomic E-state index is 6.04. The zero-order chi connectivity index (χ0) is 20.9. The van der Waals surface area contributed by atoms with Crippen LogP contribution in [0.4, 0.5) is 5.95 Å². The van der Waals surface area contributed by atoms with Crippen LogP contribution < -0.4 is 5.43 Å². The number of anilines is 1. The van der Waals surface area contributed by atoms with Crippen LogP contribution in [0.2, 0.25) is 5.02 Å². The summed E-state index contributed by atoms with van der Waals surface area (Å²) in [5.41, 5.74) is 9.78. The quantitative estimate of drug-likeness (QED) is 0.562. The minimum absolute atomic E-state index is 0.521. The lowest BCUT2D eigenvalue weighted by Crippen LogP contribution is -2.36. The van der Waals surface area contributed by atoms with E-state index in [1.807, 2.05) is 38.3 Å². The summed E-state index contributed by atoms with van der Waals surface area (Å²) in [6, 6.07) is 9.90. The zero-order valence-corrected chi connectivity index (χ0v) is 18.1. The Bertz CT molecular complexity index is 971. The standard InChI is InChI=1S/C23H26ClN5O/c1-16-13-17(2)27-23(26-16)28-25-15-20-6-5-19(14-18-3-7-21(24)8-4-18)22(20)29-9-11-30-12-10-29/h3-4,7-8,13-15H,5-6,9-12H2,1-2H3,(H,26,27,28)/b19-14-,25-15?. The van der Waals surface area contributed by atoms with Gasteiger partial charge in [-0.2, -0.15) is 5.10 Å². The fraction of sp³-hybridized carbons (Fsp3) is 0.348. The molecule has 30 heavy (non-hydrogen) atoms. The smallest absolute Gasteiger partial charge is 0.243 e. The summed E-state index contributed by atoms with van der Waals surface area (Å²) in [7, 11) is 0. The predicted octanol–water partition coefficient (Wildman–Crippen LogP) is 4.61. The average molecular weight is 424 g/mol. The van der Waals surface area contributed by atoms with Crippen molar-refractivity contribution in [1.82, 2.24) is 14.9 Å². The summed E-state index contributed by atoms with van der Waals surface area (Å²) in [4.78, 5) is 11.2. The highest BCUT2D eigenvalue weighted by atomic mass is 35.5. The van der Waals surface area contributed by atoms with Crippen molar-refractivity contribution in [3.63, 3.8) is 0 Å². The van der Waals surface area contributed by atoms with Gasteiger partial charge in [0.1, 0.15) is 0 Å². The molecule has 2 aliphatic rings. The fourth-order valence-corrected chi connectivity index (χ4v) is 4.00. The van der Waals surface area contributed by atoms with E-state index in [0.717, 1.165) is 61.1 Å². The monoisotopic (exact) mass is 423 g/mol. The van der Waals surface area contributed by atoms with Gasteiger partial charge >= 0.3 is 0 Å². The molecule has 0 unspecified atom stereocenters. The lowest BCUT2D eigenvalue weighted by molar-refractivity contribution is 0.0548. The van der Waals surface area contributed by atoms with Gasteiger partial charge in [-0.3, -0.25) is 0 Å². The molecule has 4 rings (SSSR count). The molecule has 1 N–H and O–H groups in total. The van der Waals surface area contributed by atoms with Crippen molar-refractivity contribution >= 4 is 29.8 Å². The Morgan fingerprint density at radius 2 is 1.77 bits per heavy atom. The number of halogens is 1. The number of nitrogens with one attached hydrogen (secondary N) is 1. The predicted molar refractivity (Wildman–Crippen MR) is 122 cm³/mol. The number of aryl methyl sites for hydroxylation is 2. The Kier molecular flexibility index (Phi) is 6.45. The van der Waals surface area contributed by atoms with Crippen LogP contribution >= 0.6 is 11.6 Å². The average Bonchev–Trinajstić information content (AvgIpc) is 3.12. The number of rotatable bonds is 5. The van der Waals surface area contributed by atoms with Crippen LogP contribution in [0.3, 0.4) is 0 Å². The van der Waals surface area contributed by atoms with Gasteiger partial charge in [-0.1, -0.05) is 23.7 Å². The van der Waals surface area contributed by atoms with Crippen molar-refractivity contribution in [3.8, 4) is 0 Å². The summed E-state index contributed by atoms with van der Waals surface area (Å²) in [6.07, 6.45) is 6.10. The van der Waals surface area contributed by atoms with E-state index in [1.165, 1.54) is 16.8 Å². The van der Waals surface area contributed by atoms with Gasteiger partial charge in [0.25, 0.3) is 0 Å². The van der Waals surface area contributed by atoms with Crippen LogP contribution in [0.5, 0.6) is 0 Å². The Hall–Kier alpha value is -2.70. The van der Waals surface area contributed by atoms with Crippen LogP contribution in [0, 0.1) is 13.8 Å². The molecule has 7 heteroatoms. The van der Waals surface area contributed by atoms with Gasteiger partial charge in [0.15, 0.2) is 0 Å². The first-order valence-electron chi connectivity index (χ1n) is 10.2. The second-order valence-electron chi connectivity index (χ2n) is 7.54. The summed E-state index contributed by atoms with van der Waals surface area (Å²) < 4.78 is 5.56. The number of hydrogen-bond donors (Lipinski definition) is 1. The van der Waals surface area contributed by atoms with E-state index in [1.54, 1.807) is 0 Å². The van der Waals surface area contributed by atoms with Crippen LogP contribution in [0.15, 0.2) is 52.3 Å². The van der Waals surface area contributed by atoms with Gasteiger partial charge in [-0.15, -0.1) is 0 Å². The first kappa shape index (κ1) is 20.6. The number of ether oxygens (including phenoxy) is 1. The fourth-order valence-electron chi connectivity index (χ4n) is 3.88. The highest BCUT2D eigenvalue weighted by Gasteiger charge is 2.25. The highest BCUT2D eigenvalue weighted by molar-refractivity contribution is 6.30. The van der Waals surface area contributed by atoms with Crippen molar-refractivity contribution in [1.29, 1.82) is 0 Å². The van der Waals surface area contributed by atoms with Gasteiger partial charge in [-0.05, 0) is 67.7 Å². The number of allylic oxidation sites excluding steroid dienone is 2. The molecule has 0 bridgehead atoms. The van der Waals surface area contributed by atoms with Crippen LogP contribution in [-0.2, 0) is 4.74 Å². The van der Waals surface area contributed by atoms with E-state index in [0.29, 0.717) is 5.95 Å². The lowest BCUT2D eigenvalue weighted by Gasteiger charge is -2.31. The normalized spacial score (nSPS) is 18.6. The Morgan fingerprint density at radius 1 is 1.07 bits per heavy atom. The molecule has 0 spiro atoms. The van der Waals surface area contributed by atoms with E-state index in [4.69, 9.17) is 16.3 Å². The second kappa shape index (κ2) is 9.41. The number of nitrogens with zero attached hydrogens (tertiary/aromatic N) is 4. The minimum Gasteiger partial charge on any atom is -0.378 e. The van der Waals surface area contributed by atoms with Crippen molar-refractivity contribution in [2.75, 3.05) is 31.7 Å². The van der Waals surface area contributed by atoms with Crippen molar-refractivity contribution in [2.24, 2.45) is 5.10 Å². The summed E-state index contributed by atoms with van der Waals surface area (Å²) in [5.74, 6) is 0.521. The molecule has 2 heterocycles. The topological polar surface area (TPSA) is 62.6 Å². The van der Waals surface area contributed by atoms with Crippen LogP contribution in [0.1, 0.15) is 29.8 Å². The van der Waals surface area contributed by atoms with E-state index in [2.05, 4.69) is 43.6 Å². The second-order valence-corrected chi connectivity index (χ2v) is 7.98. The van der Waals surface area contributed by atoms with Crippen LogP contribution in [-0.4, -0.2) is 47.4 Å². The summed E-state index contributed by atoms with van der Waals surface area (Å²) in [6.45, 7) is 7.17. The largest absolute Gasteiger partial charge is 0.378 e. The Labute approximate surface area is 182 Å². The molecule has 0 atom stereocenters. The molecule has 1 fully saturated rings. The summed E-state index contributed by atoms with van der Waals surface area (Å²) in [5, 5.41) is 5.19. The van der Waals surface area contributed by atoms with E-state index < -0.39 is 0 Å². The van der Waals surface area contributed by atoms with Crippen molar-refractivity contribution in [2.45, 2.75) is 26.7 Å². The van der Waals surface area contributed by atoms with E-state index in [-0.39, 0.29) is 0 Å². The first-order chi connectivity index (χ1) is 14.6. The maximum atomic E-state index is 6.04. The molecule has 0 saturated carbocycles. The number of morpholine rings is 1. The van der Waals surface area contributed by atoms with E-state index >= 15 is 0 Å². The van der Waals surface area contributed by atoms with Gasteiger partial charge in [-0.25, -0.2) is 15.4 Å². The number of aromatic nitrogens is 2. The Morgan fingerprint density at radius 3 is 2.47 bits per heavy atom. The molecule has 2 aromatic rings. The molecule has 0 radical (unpaired) electrons. The molecule has 1 saturated heterocycles.